The van der Waals surface area contributed by atoms with Gasteiger partial charge >= 0.3 is 0 Å². The minimum atomic E-state index is 0.0477. The summed E-state index contributed by atoms with van der Waals surface area (Å²) in [6, 6.07) is 11.0. The summed E-state index contributed by atoms with van der Waals surface area (Å²) in [6.45, 7) is 5.59. The van der Waals surface area contributed by atoms with E-state index in [1.807, 2.05) is 6.92 Å². The highest BCUT2D eigenvalue weighted by molar-refractivity contribution is 5.78. The van der Waals surface area contributed by atoms with Gasteiger partial charge in [-0.1, -0.05) is 43.2 Å². The maximum atomic E-state index is 6.04. The van der Waals surface area contributed by atoms with E-state index < -0.39 is 0 Å². The Hall–Kier alpha value is -1.59. The Kier molecular flexibility index (Phi) is 7.06. The van der Waals surface area contributed by atoms with Gasteiger partial charge in [0.15, 0.2) is 5.96 Å². The van der Waals surface area contributed by atoms with Crippen LogP contribution in [0, 0.1) is 0 Å². The Balaban J connectivity index is 1.97. The maximum absolute atomic E-state index is 6.04. The summed E-state index contributed by atoms with van der Waals surface area (Å²) < 4.78 is 5.12. The Labute approximate surface area is 146 Å². The molecule has 5 nitrogen and oxygen atoms in total. The molecule has 5 heteroatoms. The number of nitrogens with one attached hydrogen (secondary N) is 2. The third kappa shape index (κ3) is 5.49. The summed E-state index contributed by atoms with van der Waals surface area (Å²) in [5.74, 6) is 0.500. The second-order valence-corrected chi connectivity index (χ2v) is 6.97. The van der Waals surface area contributed by atoms with Crippen molar-refractivity contribution in [2.24, 2.45) is 10.7 Å². The molecule has 134 valence electrons. The van der Waals surface area contributed by atoms with Crippen LogP contribution in [0.3, 0.4) is 0 Å². The molecule has 1 saturated carbocycles. The first-order valence-electron chi connectivity index (χ1n) is 8.93. The highest BCUT2D eigenvalue weighted by Crippen LogP contribution is 2.32. The van der Waals surface area contributed by atoms with Gasteiger partial charge in [0.25, 0.3) is 0 Å². The average molecular weight is 332 g/mol. The fourth-order valence-electron chi connectivity index (χ4n) is 3.51. The van der Waals surface area contributed by atoms with Crippen LogP contribution in [0.25, 0.3) is 0 Å². The molecule has 0 aromatic heterocycles. The van der Waals surface area contributed by atoms with E-state index in [4.69, 9.17) is 10.5 Å². The van der Waals surface area contributed by atoms with Gasteiger partial charge in [0.2, 0.25) is 0 Å². The van der Waals surface area contributed by atoms with Crippen molar-refractivity contribution < 1.29 is 4.74 Å². The first kappa shape index (κ1) is 18.7. The van der Waals surface area contributed by atoms with Crippen LogP contribution in [-0.4, -0.2) is 37.8 Å². The molecular weight excluding hydrogens is 300 g/mol. The van der Waals surface area contributed by atoms with Gasteiger partial charge in [-0.3, -0.25) is 4.99 Å². The van der Waals surface area contributed by atoms with Gasteiger partial charge in [-0.2, -0.15) is 0 Å². The molecule has 4 N–H and O–H groups in total. The molecular formula is C19H32N4O. The van der Waals surface area contributed by atoms with E-state index in [1.54, 1.807) is 7.11 Å². The standard InChI is InChI=1S/C19H32N4O/c1-15(13-24-3)22-18(20)21-14-19(11-7-8-12-19)23-16(2)17-9-5-4-6-10-17/h4-6,9-10,15-16,23H,7-8,11-14H2,1-3H3,(H3,20,21,22). The molecule has 0 saturated heterocycles. The zero-order valence-electron chi connectivity index (χ0n) is 15.2. The number of hydrogen-bond donors (Lipinski definition) is 3. The molecule has 1 aromatic rings. The lowest BCUT2D eigenvalue weighted by atomic mass is 9.95. The van der Waals surface area contributed by atoms with Gasteiger partial charge in [0, 0.05) is 24.7 Å². The Morgan fingerprint density at radius 3 is 2.54 bits per heavy atom. The number of rotatable bonds is 8. The van der Waals surface area contributed by atoms with E-state index in [-0.39, 0.29) is 11.6 Å². The summed E-state index contributed by atoms with van der Waals surface area (Å²) in [6.07, 6.45) is 4.79. The van der Waals surface area contributed by atoms with E-state index in [0.29, 0.717) is 25.2 Å². The van der Waals surface area contributed by atoms with Crippen LogP contribution in [0.15, 0.2) is 35.3 Å². The number of methoxy groups -OCH3 is 1. The van der Waals surface area contributed by atoms with Crippen molar-refractivity contribution in [3.8, 4) is 0 Å². The van der Waals surface area contributed by atoms with Gasteiger partial charge in [0.1, 0.15) is 0 Å². The molecule has 1 aliphatic carbocycles. The van der Waals surface area contributed by atoms with Gasteiger partial charge in [0.05, 0.1) is 13.2 Å². The Bertz CT molecular complexity index is 511. The maximum Gasteiger partial charge on any atom is 0.188 e. The van der Waals surface area contributed by atoms with Crippen molar-refractivity contribution in [1.29, 1.82) is 0 Å². The molecule has 0 heterocycles. The third-order valence-corrected chi connectivity index (χ3v) is 4.75. The number of aliphatic imine (C=N–C) groups is 1. The summed E-state index contributed by atoms with van der Waals surface area (Å²) in [5, 5.41) is 7.01. The van der Waals surface area contributed by atoms with E-state index >= 15 is 0 Å². The van der Waals surface area contributed by atoms with Crippen LogP contribution in [0.2, 0.25) is 0 Å². The Morgan fingerprint density at radius 2 is 1.92 bits per heavy atom. The number of guanidine groups is 1. The van der Waals surface area contributed by atoms with Crippen molar-refractivity contribution >= 4 is 5.96 Å². The number of benzene rings is 1. The van der Waals surface area contributed by atoms with E-state index in [0.717, 1.165) is 12.8 Å². The van der Waals surface area contributed by atoms with Crippen LogP contribution >= 0.6 is 0 Å². The van der Waals surface area contributed by atoms with Gasteiger partial charge < -0.3 is 21.1 Å². The highest BCUT2D eigenvalue weighted by Gasteiger charge is 2.34. The van der Waals surface area contributed by atoms with E-state index in [2.05, 4.69) is 52.9 Å². The molecule has 2 rings (SSSR count). The van der Waals surface area contributed by atoms with Gasteiger partial charge in [-0.15, -0.1) is 0 Å². The van der Waals surface area contributed by atoms with Crippen molar-refractivity contribution in [1.82, 2.24) is 10.6 Å². The molecule has 0 spiro atoms. The van der Waals surface area contributed by atoms with Crippen LogP contribution in [0.5, 0.6) is 0 Å². The summed E-state index contributed by atoms with van der Waals surface area (Å²) in [5.41, 5.74) is 7.40. The summed E-state index contributed by atoms with van der Waals surface area (Å²) in [7, 11) is 1.69. The lowest BCUT2D eigenvalue weighted by molar-refractivity contribution is 0.179. The van der Waals surface area contributed by atoms with Gasteiger partial charge in [-0.25, -0.2) is 0 Å². The van der Waals surface area contributed by atoms with Crippen molar-refractivity contribution in [3.63, 3.8) is 0 Å². The van der Waals surface area contributed by atoms with E-state index in [1.165, 1.54) is 18.4 Å². The van der Waals surface area contributed by atoms with Crippen LogP contribution in [0.1, 0.15) is 51.1 Å². The SMILES string of the molecule is COCC(C)NC(N)=NCC1(NC(C)c2ccccc2)CCCC1. The first-order valence-corrected chi connectivity index (χ1v) is 8.93. The topological polar surface area (TPSA) is 71.7 Å². The third-order valence-electron chi connectivity index (χ3n) is 4.75. The minimum Gasteiger partial charge on any atom is -0.383 e. The molecule has 1 fully saturated rings. The molecule has 24 heavy (non-hydrogen) atoms. The molecule has 0 bridgehead atoms. The normalized spacial score (nSPS) is 19.9. The predicted octanol–water partition coefficient (Wildman–Crippen LogP) is 2.59. The minimum absolute atomic E-state index is 0.0477. The second-order valence-electron chi connectivity index (χ2n) is 6.97. The van der Waals surface area contributed by atoms with Gasteiger partial charge in [-0.05, 0) is 32.3 Å². The second kappa shape index (κ2) is 9.04. The average Bonchev–Trinajstić information content (AvgIpc) is 3.03. The predicted molar refractivity (Wildman–Crippen MR) is 100 cm³/mol. The zero-order chi connectivity index (χ0) is 17.4. The first-order chi connectivity index (χ1) is 11.5. The molecule has 2 unspecified atom stereocenters. The largest absolute Gasteiger partial charge is 0.383 e. The molecule has 0 amide bonds. The van der Waals surface area contributed by atoms with Crippen molar-refractivity contribution in [2.75, 3.05) is 20.3 Å². The fraction of sp³-hybridized carbons (Fsp3) is 0.632. The van der Waals surface area contributed by atoms with Crippen LogP contribution < -0.4 is 16.4 Å². The number of hydrogen-bond acceptors (Lipinski definition) is 3. The summed E-state index contributed by atoms with van der Waals surface area (Å²) in [4.78, 5) is 4.61. The smallest absolute Gasteiger partial charge is 0.188 e. The lowest BCUT2D eigenvalue weighted by Gasteiger charge is -2.33. The molecule has 1 aromatic carbocycles. The molecule has 0 aliphatic heterocycles. The van der Waals surface area contributed by atoms with Crippen molar-refractivity contribution in [3.05, 3.63) is 35.9 Å². The van der Waals surface area contributed by atoms with Crippen molar-refractivity contribution in [2.45, 2.75) is 57.2 Å². The fourth-order valence-corrected chi connectivity index (χ4v) is 3.51. The summed E-state index contributed by atoms with van der Waals surface area (Å²) >= 11 is 0. The van der Waals surface area contributed by atoms with E-state index in [9.17, 15) is 0 Å². The molecule has 1 aliphatic rings. The van der Waals surface area contributed by atoms with Crippen LogP contribution in [-0.2, 0) is 4.74 Å². The molecule has 2 atom stereocenters. The molecule has 0 radical (unpaired) electrons. The zero-order valence-corrected chi connectivity index (χ0v) is 15.2. The lowest BCUT2D eigenvalue weighted by Crippen LogP contribution is -2.48. The quantitative estimate of drug-likeness (QED) is 0.505. The number of ether oxygens (including phenoxy) is 1. The number of nitrogens with two attached hydrogens (primary N) is 1. The Morgan fingerprint density at radius 1 is 1.25 bits per heavy atom. The highest BCUT2D eigenvalue weighted by atomic mass is 16.5. The van der Waals surface area contributed by atoms with Crippen LogP contribution in [0.4, 0.5) is 0 Å². The number of nitrogens with zero attached hydrogens (tertiary/aromatic N) is 1. The monoisotopic (exact) mass is 332 g/mol.